The summed E-state index contributed by atoms with van der Waals surface area (Å²) in [4.78, 5) is 18.0. The first-order valence-electron chi connectivity index (χ1n) is 3.71. The van der Waals surface area contributed by atoms with Gasteiger partial charge in [0.2, 0.25) is 5.88 Å². The summed E-state index contributed by atoms with van der Waals surface area (Å²) >= 11 is 7.01. The second-order valence-corrected chi connectivity index (χ2v) is 4.27. The number of hydrogen-bond donors (Lipinski definition) is 2. The molecule has 2 aromatic heterocycles. The molecule has 0 bridgehead atoms. The average Bonchev–Trinajstić information content (AvgIpc) is 2.50. The Balaban J connectivity index is 2.56. The third-order valence-corrected chi connectivity index (χ3v) is 2.77. The lowest BCUT2D eigenvalue weighted by Gasteiger charge is -1.95. The maximum atomic E-state index is 11.0. The van der Waals surface area contributed by atoms with Crippen LogP contribution < -0.4 is 5.56 Å². The fourth-order valence-electron chi connectivity index (χ4n) is 1.00. The molecule has 0 amide bonds. The van der Waals surface area contributed by atoms with Gasteiger partial charge in [-0.1, -0.05) is 11.6 Å². The number of nitrogens with zero attached hydrogens (tertiary/aromatic N) is 1. The zero-order valence-corrected chi connectivity index (χ0v) is 8.39. The van der Waals surface area contributed by atoms with Crippen LogP contribution >= 0.6 is 22.9 Å². The van der Waals surface area contributed by atoms with Crippen molar-refractivity contribution in [3.8, 4) is 16.6 Å². The Morgan fingerprint density at radius 2 is 2.29 bits per heavy atom. The van der Waals surface area contributed by atoms with Crippen LogP contribution in [-0.2, 0) is 0 Å². The van der Waals surface area contributed by atoms with Crippen molar-refractivity contribution >= 4 is 22.9 Å². The highest BCUT2D eigenvalue weighted by molar-refractivity contribution is 7.19. The van der Waals surface area contributed by atoms with Crippen LogP contribution in [0.5, 0.6) is 5.88 Å². The number of nitrogens with one attached hydrogen (secondary N) is 1. The molecule has 72 valence electrons. The molecule has 0 aromatic carbocycles. The largest absolute Gasteiger partial charge is 0.493 e. The Bertz CT molecular complexity index is 520. The van der Waals surface area contributed by atoms with E-state index < -0.39 is 5.56 Å². The van der Waals surface area contributed by atoms with Crippen LogP contribution in [0.1, 0.15) is 0 Å². The Kier molecular flexibility index (Phi) is 2.26. The fourth-order valence-corrected chi connectivity index (χ4v) is 1.99. The van der Waals surface area contributed by atoms with Gasteiger partial charge in [-0.05, 0) is 12.1 Å². The summed E-state index contributed by atoms with van der Waals surface area (Å²) in [5, 5.41) is 9.10. The summed E-state index contributed by atoms with van der Waals surface area (Å²) in [5.41, 5.74) is -0.392. The third kappa shape index (κ3) is 1.78. The smallest absolute Gasteiger partial charge is 0.254 e. The van der Waals surface area contributed by atoms with E-state index in [0.717, 1.165) is 6.07 Å². The zero-order valence-electron chi connectivity index (χ0n) is 6.82. The Hall–Kier alpha value is -1.33. The SMILES string of the molecule is O=c1cc(O)nc(-c2ccc(Cl)s2)[nH]1. The molecule has 0 saturated heterocycles. The number of aromatic hydroxyl groups is 1. The number of hydrogen-bond acceptors (Lipinski definition) is 4. The van der Waals surface area contributed by atoms with Crippen molar-refractivity contribution in [2.75, 3.05) is 0 Å². The summed E-state index contributed by atoms with van der Waals surface area (Å²) in [6.07, 6.45) is 0. The highest BCUT2D eigenvalue weighted by atomic mass is 35.5. The number of rotatable bonds is 1. The molecule has 0 radical (unpaired) electrons. The van der Waals surface area contributed by atoms with Crippen molar-refractivity contribution in [2.45, 2.75) is 0 Å². The van der Waals surface area contributed by atoms with E-state index in [-0.39, 0.29) is 5.88 Å². The quantitative estimate of drug-likeness (QED) is 0.783. The molecule has 14 heavy (non-hydrogen) atoms. The summed E-state index contributed by atoms with van der Waals surface area (Å²) in [5.74, 6) is 0.0279. The number of aromatic nitrogens is 2. The van der Waals surface area contributed by atoms with Crippen molar-refractivity contribution in [1.82, 2.24) is 9.97 Å². The zero-order chi connectivity index (χ0) is 10.1. The third-order valence-electron chi connectivity index (χ3n) is 1.53. The molecular formula is C8H5ClN2O2S. The van der Waals surface area contributed by atoms with Crippen molar-refractivity contribution in [1.29, 1.82) is 0 Å². The van der Waals surface area contributed by atoms with Gasteiger partial charge in [-0.2, -0.15) is 4.98 Å². The van der Waals surface area contributed by atoms with E-state index in [0.29, 0.717) is 15.0 Å². The number of aromatic amines is 1. The van der Waals surface area contributed by atoms with Crippen molar-refractivity contribution < 1.29 is 5.11 Å². The van der Waals surface area contributed by atoms with Crippen molar-refractivity contribution in [3.05, 3.63) is 32.9 Å². The highest BCUT2D eigenvalue weighted by Crippen LogP contribution is 2.28. The maximum Gasteiger partial charge on any atom is 0.254 e. The summed E-state index contributed by atoms with van der Waals surface area (Å²) in [6, 6.07) is 4.44. The van der Waals surface area contributed by atoms with E-state index in [1.54, 1.807) is 12.1 Å². The molecule has 2 N–H and O–H groups in total. The lowest BCUT2D eigenvalue weighted by molar-refractivity contribution is 0.452. The van der Waals surface area contributed by atoms with Crippen LogP contribution in [0, 0.1) is 0 Å². The fraction of sp³-hybridized carbons (Fsp3) is 0. The second-order valence-electron chi connectivity index (χ2n) is 2.56. The van der Waals surface area contributed by atoms with E-state index >= 15 is 0 Å². The molecule has 6 heteroatoms. The minimum Gasteiger partial charge on any atom is -0.493 e. The van der Waals surface area contributed by atoms with Gasteiger partial charge >= 0.3 is 0 Å². The first-order chi connectivity index (χ1) is 6.65. The molecule has 0 aliphatic rings. The molecule has 0 atom stereocenters. The van der Waals surface area contributed by atoms with Crippen LogP contribution in [0.2, 0.25) is 4.34 Å². The van der Waals surface area contributed by atoms with Gasteiger partial charge < -0.3 is 10.1 Å². The molecule has 0 spiro atoms. The molecule has 2 heterocycles. The lowest BCUT2D eigenvalue weighted by Crippen LogP contribution is -2.05. The number of halogens is 1. The van der Waals surface area contributed by atoms with Crippen LogP contribution in [0.4, 0.5) is 0 Å². The molecule has 2 rings (SSSR count). The summed E-state index contributed by atoms with van der Waals surface area (Å²) in [7, 11) is 0. The van der Waals surface area contributed by atoms with Gasteiger partial charge in [0.05, 0.1) is 15.3 Å². The first kappa shape index (κ1) is 9.23. The molecule has 0 unspecified atom stereocenters. The molecule has 2 aromatic rings. The second kappa shape index (κ2) is 3.43. The van der Waals surface area contributed by atoms with E-state index in [9.17, 15) is 4.79 Å². The van der Waals surface area contributed by atoms with Crippen LogP contribution in [0.15, 0.2) is 23.0 Å². The van der Waals surface area contributed by atoms with Gasteiger partial charge in [-0.3, -0.25) is 4.79 Å². The predicted octanol–water partition coefficient (Wildman–Crippen LogP) is 1.86. The van der Waals surface area contributed by atoms with Gasteiger partial charge in [0.25, 0.3) is 5.56 Å². The minimum atomic E-state index is -0.392. The van der Waals surface area contributed by atoms with E-state index in [1.807, 2.05) is 0 Å². The molecule has 0 fully saturated rings. The van der Waals surface area contributed by atoms with Gasteiger partial charge in [-0.15, -0.1) is 11.3 Å². The Labute approximate surface area is 87.8 Å². The van der Waals surface area contributed by atoms with Gasteiger partial charge in [-0.25, -0.2) is 0 Å². The summed E-state index contributed by atoms with van der Waals surface area (Å²) in [6.45, 7) is 0. The molecule has 0 aliphatic heterocycles. The van der Waals surface area contributed by atoms with E-state index in [4.69, 9.17) is 16.7 Å². The van der Waals surface area contributed by atoms with E-state index in [2.05, 4.69) is 9.97 Å². The lowest BCUT2D eigenvalue weighted by atomic mass is 10.4. The highest BCUT2D eigenvalue weighted by Gasteiger charge is 2.05. The summed E-state index contributed by atoms with van der Waals surface area (Å²) < 4.78 is 0.603. The van der Waals surface area contributed by atoms with Crippen LogP contribution in [0.3, 0.4) is 0 Å². The first-order valence-corrected chi connectivity index (χ1v) is 4.90. The van der Waals surface area contributed by atoms with Gasteiger partial charge in [0, 0.05) is 0 Å². The van der Waals surface area contributed by atoms with E-state index in [1.165, 1.54) is 11.3 Å². The molecule has 0 saturated carbocycles. The molecular weight excluding hydrogens is 224 g/mol. The Morgan fingerprint density at radius 1 is 1.50 bits per heavy atom. The van der Waals surface area contributed by atoms with Crippen molar-refractivity contribution in [2.24, 2.45) is 0 Å². The monoisotopic (exact) mass is 228 g/mol. The Morgan fingerprint density at radius 3 is 2.86 bits per heavy atom. The molecule has 0 aliphatic carbocycles. The average molecular weight is 229 g/mol. The van der Waals surface area contributed by atoms with Crippen molar-refractivity contribution in [3.63, 3.8) is 0 Å². The van der Waals surface area contributed by atoms with Crippen LogP contribution in [-0.4, -0.2) is 15.1 Å². The normalized spacial score (nSPS) is 10.4. The van der Waals surface area contributed by atoms with Gasteiger partial charge in [0.15, 0.2) is 5.82 Å². The number of thiophene rings is 1. The number of H-pyrrole nitrogens is 1. The predicted molar refractivity (Wildman–Crippen MR) is 54.8 cm³/mol. The standard InChI is InChI=1S/C8H5ClN2O2S/c9-5-2-1-4(14-5)8-10-6(12)3-7(13)11-8/h1-3H,(H2,10,11,12,13). The topological polar surface area (TPSA) is 66.0 Å². The maximum absolute atomic E-state index is 11.0. The minimum absolute atomic E-state index is 0.298. The molecule has 4 nitrogen and oxygen atoms in total. The van der Waals surface area contributed by atoms with Crippen LogP contribution in [0.25, 0.3) is 10.7 Å². The van der Waals surface area contributed by atoms with Gasteiger partial charge in [0.1, 0.15) is 0 Å².